The highest BCUT2D eigenvalue weighted by molar-refractivity contribution is 14.1. The van der Waals surface area contributed by atoms with Crippen molar-refractivity contribution >= 4 is 40.3 Å². The summed E-state index contributed by atoms with van der Waals surface area (Å²) in [6, 6.07) is 22.2. The number of ether oxygens (including phenoxy) is 3. The molecule has 0 fully saturated rings. The smallest absolute Gasteiger partial charge is 0.266 e. The largest absolute Gasteiger partial charge is 0.497 e. The van der Waals surface area contributed by atoms with Gasteiger partial charge in [-0.1, -0.05) is 24.3 Å². The van der Waals surface area contributed by atoms with Gasteiger partial charge in [-0.2, -0.15) is 5.26 Å². The Labute approximate surface area is 200 Å². The van der Waals surface area contributed by atoms with E-state index in [1.807, 2.05) is 30.3 Å². The van der Waals surface area contributed by atoms with Gasteiger partial charge in [-0.25, -0.2) is 0 Å². The van der Waals surface area contributed by atoms with Gasteiger partial charge in [0.15, 0.2) is 11.5 Å². The van der Waals surface area contributed by atoms with Gasteiger partial charge in [0, 0.05) is 15.3 Å². The number of carbonyl (C=O) groups excluding carboxylic acids is 1. The molecule has 0 aliphatic rings. The summed E-state index contributed by atoms with van der Waals surface area (Å²) in [6.07, 6.45) is 1.50. The second kappa shape index (κ2) is 11.2. The molecule has 3 aromatic carbocycles. The normalized spacial score (nSPS) is 10.8. The molecule has 0 spiro atoms. The number of hydrogen-bond donors (Lipinski definition) is 1. The van der Waals surface area contributed by atoms with Crippen LogP contribution in [0.1, 0.15) is 11.1 Å². The maximum atomic E-state index is 12.6. The fourth-order valence-electron chi connectivity index (χ4n) is 2.85. The third kappa shape index (κ3) is 6.25. The highest BCUT2D eigenvalue weighted by Gasteiger charge is 2.12. The fourth-order valence-corrected chi connectivity index (χ4v) is 3.21. The number of methoxy groups -OCH3 is 2. The predicted molar refractivity (Wildman–Crippen MR) is 132 cm³/mol. The molecule has 0 aliphatic carbocycles. The van der Waals surface area contributed by atoms with E-state index in [1.165, 1.54) is 6.08 Å². The molecule has 0 aromatic heterocycles. The summed E-state index contributed by atoms with van der Waals surface area (Å²) in [7, 11) is 3.09. The molecule has 1 N–H and O–H groups in total. The van der Waals surface area contributed by atoms with Crippen LogP contribution in [0.15, 0.2) is 72.3 Å². The topological polar surface area (TPSA) is 80.6 Å². The van der Waals surface area contributed by atoms with E-state index in [0.29, 0.717) is 35.1 Å². The quantitative estimate of drug-likeness (QED) is 0.234. The number of nitrogens with one attached hydrogen (secondary N) is 1. The van der Waals surface area contributed by atoms with Crippen LogP contribution >= 0.6 is 22.6 Å². The first-order valence-electron chi connectivity index (χ1n) is 9.65. The Hall–Kier alpha value is -3.51. The SMILES string of the molecule is COc1cccc(NC(=O)/C(C#N)=C\c2ccc(OCc3ccc(I)cc3)c(OC)c2)c1. The number of nitrogens with zero attached hydrogens (tertiary/aromatic N) is 1. The molecule has 0 atom stereocenters. The van der Waals surface area contributed by atoms with Gasteiger partial charge in [-0.3, -0.25) is 4.79 Å². The molecule has 32 heavy (non-hydrogen) atoms. The third-order valence-electron chi connectivity index (χ3n) is 4.50. The summed E-state index contributed by atoms with van der Waals surface area (Å²) in [4.78, 5) is 12.6. The van der Waals surface area contributed by atoms with Crippen molar-refractivity contribution < 1.29 is 19.0 Å². The Kier molecular flexibility index (Phi) is 8.11. The van der Waals surface area contributed by atoms with Crippen LogP contribution in [-0.4, -0.2) is 20.1 Å². The summed E-state index contributed by atoms with van der Waals surface area (Å²) in [5.41, 5.74) is 2.17. The van der Waals surface area contributed by atoms with E-state index >= 15 is 0 Å². The maximum absolute atomic E-state index is 12.6. The molecular weight excluding hydrogens is 519 g/mol. The molecule has 6 nitrogen and oxygen atoms in total. The van der Waals surface area contributed by atoms with E-state index in [1.54, 1.807) is 56.7 Å². The number of benzene rings is 3. The van der Waals surface area contributed by atoms with Crippen LogP contribution in [0.2, 0.25) is 0 Å². The number of anilines is 1. The van der Waals surface area contributed by atoms with E-state index in [-0.39, 0.29) is 5.57 Å². The average Bonchev–Trinajstić information content (AvgIpc) is 2.82. The van der Waals surface area contributed by atoms with Gasteiger partial charge < -0.3 is 19.5 Å². The zero-order valence-corrected chi connectivity index (χ0v) is 19.8. The fraction of sp³-hybridized carbons (Fsp3) is 0.120. The van der Waals surface area contributed by atoms with Gasteiger partial charge in [0.25, 0.3) is 5.91 Å². The lowest BCUT2D eigenvalue weighted by Crippen LogP contribution is -2.13. The molecule has 0 heterocycles. The van der Waals surface area contributed by atoms with Crippen molar-refractivity contribution in [3.05, 3.63) is 87.0 Å². The van der Waals surface area contributed by atoms with Crippen molar-refractivity contribution in [2.75, 3.05) is 19.5 Å². The van der Waals surface area contributed by atoms with Crippen molar-refractivity contribution in [1.29, 1.82) is 5.26 Å². The molecule has 1 amide bonds. The first-order chi connectivity index (χ1) is 15.5. The number of nitriles is 1. The van der Waals surface area contributed by atoms with Crippen molar-refractivity contribution in [3.8, 4) is 23.3 Å². The molecule has 0 saturated carbocycles. The lowest BCUT2D eigenvalue weighted by atomic mass is 10.1. The molecule has 3 aromatic rings. The Morgan fingerprint density at radius 3 is 2.50 bits per heavy atom. The second-order valence-electron chi connectivity index (χ2n) is 6.68. The number of rotatable bonds is 8. The van der Waals surface area contributed by atoms with Crippen LogP contribution < -0.4 is 19.5 Å². The monoisotopic (exact) mass is 540 g/mol. The molecular formula is C25H21IN2O4. The molecule has 0 bridgehead atoms. The standard InChI is InChI=1S/C25H21IN2O4/c1-30-22-5-3-4-21(14-22)28-25(29)19(15-27)12-18-8-11-23(24(13-18)31-2)32-16-17-6-9-20(26)10-7-17/h3-14H,16H2,1-2H3,(H,28,29)/b19-12-. The van der Waals surface area contributed by atoms with Crippen LogP contribution in [0.4, 0.5) is 5.69 Å². The first kappa shape index (κ1) is 23.2. The van der Waals surface area contributed by atoms with Crippen molar-refractivity contribution in [2.24, 2.45) is 0 Å². The van der Waals surface area contributed by atoms with E-state index in [0.717, 1.165) is 9.13 Å². The van der Waals surface area contributed by atoms with Crippen molar-refractivity contribution in [3.63, 3.8) is 0 Å². The summed E-state index contributed by atoms with van der Waals surface area (Å²) >= 11 is 2.25. The lowest BCUT2D eigenvalue weighted by molar-refractivity contribution is -0.112. The molecule has 0 saturated heterocycles. The zero-order chi connectivity index (χ0) is 22.9. The van der Waals surface area contributed by atoms with Crippen LogP contribution in [-0.2, 0) is 11.4 Å². The highest BCUT2D eigenvalue weighted by Crippen LogP contribution is 2.30. The van der Waals surface area contributed by atoms with Gasteiger partial charge in [-0.05, 0) is 76.2 Å². The van der Waals surface area contributed by atoms with Gasteiger partial charge in [-0.15, -0.1) is 0 Å². The molecule has 0 radical (unpaired) electrons. The lowest BCUT2D eigenvalue weighted by Gasteiger charge is -2.12. The molecule has 3 rings (SSSR count). The Balaban J connectivity index is 1.74. The first-order valence-corrected chi connectivity index (χ1v) is 10.7. The highest BCUT2D eigenvalue weighted by atomic mass is 127. The second-order valence-corrected chi connectivity index (χ2v) is 7.93. The number of halogens is 1. The van der Waals surface area contributed by atoms with Crippen LogP contribution in [0, 0.1) is 14.9 Å². The summed E-state index contributed by atoms with van der Waals surface area (Å²) in [5, 5.41) is 12.2. The third-order valence-corrected chi connectivity index (χ3v) is 5.22. The van der Waals surface area contributed by atoms with Crippen molar-refractivity contribution in [1.82, 2.24) is 0 Å². The van der Waals surface area contributed by atoms with Crippen molar-refractivity contribution in [2.45, 2.75) is 6.61 Å². The minimum Gasteiger partial charge on any atom is -0.497 e. The number of hydrogen-bond acceptors (Lipinski definition) is 5. The van der Waals surface area contributed by atoms with E-state index < -0.39 is 5.91 Å². The van der Waals surface area contributed by atoms with Gasteiger partial charge in [0.1, 0.15) is 24.0 Å². The summed E-state index contributed by atoms with van der Waals surface area (Å²) in [6.45, 7) is 0.398. The van der Waals surface area contributed by atoms with Crippen LogP contribution in [0.5, 0.6) is 17.2 Å². The predicted octanol–water partition coefficient (Wildman–Crippen LogP) is 5.43. The maximum Gasteiger partial charge on any atom is 0.266 e. The molecule has 0 unspecified atom stereocenters. The summed E-state index contributed by atoms with van der Waals surface area (Å²) < 4.78 is 17.6. The van der Waals surface area contributed by atoms with E-state index in [4.69, 9.17) is 14.2 Å². The Morgan fingerprint density at radius 2 is 1.81 bits per heavy atom. The van der Waals surface area contributed by atoms with Crippen LogP contribution in [0.25, 0.3) is 6.08 Å². The number of amides is 1. The number of carbonyl (C=O) groups is 1. The Bertz CT molecular complexity index is 1170. The van der Waals surface area contributed by atoms with Gasteiger partial charge in [0.2, 0.25) is 0 Å². The van der Waals surface area contributed by atoms with E-state index in [2.05, 4.69) is 27.9 Å². The van der Waals surface area contributed by atoms with Gasteiger partial charge in [0.05, 0.1) is 14.2 Å². The van der Waals surface area contributed by atoms with E-state index in [9.17, 15) is 10.1 Å². The van der Waals surface area contributed by atoms with Crippen LogP contribution in [0.3, 0.4) is 0 Å². The summed E-state index contributed by atoms with van der Waals surface area (Å²) in [5.74, 6) is 1.17. The average molecular weight is 540 g/mol. The molecule has 7 heteroatoms. The molecule has 0 aliphatic heterocycles. The zero-order valence-electron chi connectivity index (χ0n) is 17.6. The minimum atomic E-state index is -0.515. The molecule has 162 valence electrons. The Morgan fingerprint density at radius 1 is 1.03 bits per heavy atom. The minimum absolute atomic E-state index is 0.0394. The van der Waals surface area contributed by atoms with Gasteiger partial charge >= 0.3 is 0 Å².